The first-order valence-electron chi connectivity index (χ1n) is 22.3. The molecule has 0 bridgehead atoms. The van der Waals surface area contributed by atoms with Gasteiger partial charge in [0.2, 0.25) is 0 Å². The molecular weight excluding hydrogens is 734 g/mol. The molecule has 0 saturated carbocycles. The molecule has 0 fully saturated rings. The van der Waals surface area contributed by atoms with E-state index in [9.17, 15) is 14.3 Å². The van der Waals surface area contributed by atoms with Gasteiger partial charge in [-0.15, -0.1) is 0 Å². The van der Waals surface area contributed by atoms with Gasteiger partial charge in [-0.25, -0.2) is 4.57 Å². The Kier molecular flexibility index (Phi) is 38.8. The number of nitrogens with zero attached hydrogens (tertiary/aromatic N) is 1. The molecule has 0 aliphatic heterocycles. The van der Waals surface area contributed by atoms with Crippen LogP contribution in [0, 0.1) is 0 Å². The largest absolute Gasteiger partial charge is 0.472 e. The highest BCUT2D eigenvalue weighted by molar-refractivity contribution is 7.47. The third-order valence-corrected chi connectivity index (χ3v) is 9.92. The number of phosphoric acid groups is 1. The van der Waals surface area contributed by atoms with Gasteiger partial charge in [0.1, 0.15) is 19.3 Å². The first-order chi connectivity index (χ1) is 27.6. The number of phosphoric ester groups is 1. The zero-order valence-electron chi connectivity index (χ0n) is 37.0. The van der Waals surface area contributed by atoms with Crippen LogP contribution in [0.3, 0.4) is 0 Å². The SMILES string of the molecule is CC/C=C\C/C=C\C/C=C\C/C=C\C/C=C\CCCCCCOCC(COP(=O)(O)OCC[N+](C)(C)C)OC(=O)CCCCCCC/C=C\C/C=C\CCCCC. The molecule has 1 N–H and O–H groups in total. The molecular formula is C48H85NO7P+. The number of esters is 1. The highest BCUT2D eigenvalue weighted by Crippen LogP contribution is 2.43. The van der Waals surface area contributed by atoms with Crippen LogP contribution in [0.25, 0.3) is 0 Å². The zero-order valence-corrected chi connectivity index (χ0v) is 37.9. The quantitative estimate of drug-likeness (QED) is 0.0216. The minimum Gasteiger partial charge on any atom is -0.457 e. The highest BCUT2D eigenvalue weighted by Gasteiger charge is 2.26. The van der Waals surface area contributed by atoms with E-state index in [1.54, 1.807) is 0 Å². The Morgan fingerprint density at radius 3 is 1.53 bits per heavy atom. The minimum atomic E-state index is -4.29. The topological polar surface area (TPSA) is 91.3 Å². The fourth-order valence-electron chi connectivity index (χ4n) is 5.49. The summed E-state index contributed by atoms with van der Waals surface area (Å²) >= 11 is 0. The van der Waals surface area contributed by atoms with Crippen molar-refractivity contribution in [2.75, 3.05) is 54.1 Å². The van der Waals surface area contributed by atoms with Gasteiger partial charge in [0.25, 0.3) is 0 Å². The van der Waals surface area contributed by atoms with Crippen molar-refractivity contribution < 1.29 is 37.3 Å². The number of carbonyl (C=O) groups is 1. The highest BCUT2D eigenvalue weighted by atomic mass is 31.2. The van der Waals surface area contributed by atoms with Gasteiger partial charge in [-0.1, -0.05) is 144 Å². The molecule has 0 amide bonds. The molecule has 0 rings (SSSR count). The lowest BCUT2D eigenvalue weighted by Gasteiger charge is -2.24. The summed E-state index contributed by atoms with van der Waals surface area (Å²) in [6.07, 6.45) is 53.3. The van der Waals surface area contributed by atoms with Gasteiger partial charge in [0, 0.05) is 13.0 Å². The number of allylic oxidation sites excluding steroid dienone is 14. The fraction of sp³-hybridized carbons (Fsp3) is 0.688. The molecule has 0 aromatic rings. The van der Waals surface area contributed by atoms with Crippen LogP contribution in [0.15, 0.2) is 85.1 Å². The minimum absolute atomic E-state index is 0.0755. The first-order valence-corrected chi connectivity index (χ1v) is 23.8. The Labute approximate surface area is 350 Å². The Morgan fingerprint density at radius 2 is 1.02 bits per heavy atom. The second kappa shape index (κ2) is 40.5. The molecule has 0 aliphatic carbocycles. The van der Waals surface area contributed by atoms with Crippen LogP contribution in [0.1, 0.15) is 155 Å². The Bertz CT molecular complexity index is 1180. The summed E-state index contributed by atoms with van der Waals surface area (Å²) in [5, 5.41) is 0. The maximum Gasteiger partial charge on any atom is 0.472 e. The number of hydrogen-bond donors (Lipinski definition) is 1. The van der Waals surface area contributed by atoms with Crippen molar-refractivity contribution in [3.63, 3.8) is 0 Å². The summed E-state index contributed by atoms with van der Waals surface area (Å²) in [5.74, 6) is -0.341. The maximum absolute atomic E-state index is 12.7. The smallest absolute Gasteiger partial charge is 0.457 e. The van der Waals surface area contributed by atoms with E-state index < -0.39 is 13.9 Å². The summed E-state index contributed by atoms with van der Waals surface area (Å²) in [7, 11) is 1.62. The van der Waals surface area contributed by atoms with Crippen molar-refractivity contribution in [1.82, 2.24) is 0 Å². The monoisotopic (exact) mass is 819 g/mol. The van der Waals surface area contributed by atoms with Crippen LogP contribution < -0.4 is 0 Å². The molecule has 9 heteroatoms. The van der Waals surface area contributed by atoms with Crippen LogP contribution in [-0.4, -0.2) is 75.6 Å². The molecule has 0 spiro atoms. The third kappa shape index (κ3) is 44.6. The van der Waals surface area contributed by atoms with E-state index in [1.165, 1.54) is 25.7 Å². The number of unbranched alkanes of at least 4 members (excludes halogenated alkanes) is 12. The predicted octanol–water partition coefficient (Wildman–Crippen LogP) is 13.3. The Balaban J connectivity index is 4.33. The number of likely N-dealkylation sites (N-methyl/N-ethyl adjacent to an activating group) is 1. The van der Waals surface area contributed by atoms with Crippen LogP contribution in [0.2, 0.25) is 0 Å². The van der Waals surface area contributed by atoms with Crippen molar-refractivity contribution in [2.24, 2.45) is 0 Å². The summed E-state index contributed by atoms with van der Waals surface area (Å²) in [6, 6.07) is 0. The molecule has 0 radical (unpaired) electrons. The van der Waals surface area contributed by atoms with Gasteiger partial charge < -0.3 is 18.9 Å². The molecule has 0 aromatic carbocycles. The molecule has 328 valence electrons. The number of hydrogen-bond acceptors (Lipinski definition) is 6. The molecule has 0 heterocycles. The van der Waals surface area contributed by atoms with E-state index in [2.05, 4.69) is 98.9 Å². The third-order valence-electron chi connectivity index (χ3n) is 8.94. The fourth-order valence-corrected chi connectivity index (χ4v) is 6.23. The van der Waals surface area contributed by atoms with Crippen LogP contribution in [0.5, 0.6) is 0 Å². The standard InChI is InChI=1S/C48H84NO7P/c1-6-8-10-12-14-16-18-20-22-23-24-25-26-28-30-32-34-36-38-40-43-53-45-47(46-55-57(51,52)54-44-42-49(3,4)5)56-48(50)41-39-37-35-33-31-29-27-21-19-17-15-13-11-9-7-2/h8,10,14-17,20-22,24-25,27-28,30,47H,6-7,9,11-13,18-19,23,26,29,31-46H2,1-5H3/p+1/b10-8-,16-14-,17-15-,22-20-,25-24-,27-21-,30-28-. The summed E-state index contributed by atoms with van der Waals surface area (Å²) in [4.78, 5) is 22.9. The van der Waals surface area contributed by atoms with Crippen LogP contribution in [0.4, 0.5) is 0 Å². The van der Waals surface area contributed by atoms with Gasteiger partial charge >= 0.3 is 13.8 Å². The average molecular weight is 819 g/mol. The van der Waals surface area contributed by atoms with E-state index in [-0.39, 0.29) is 25.8 Å². The molecule has 2 unspecified atom stereocenters. The molecule has 0 saturated heterocycles. The lowest BCUT2D eigenvalue weighted by molar-refractivity contribution is -0.870. The van der Waals surface area contributed by atoms with Crippen molar-refractivity contribution in [2.45, 2.75) is 161 Å². The van der Waals surface area contributed by atoms with Gasteiger partial charge in [0.05, 0.1) is 34.4 Å². The zero-order chi connectivity index (χ0) is 42.0. The predicted molar refractivity (Wildman–Crippen MR) is 242 cm³/mol. The lowest BCUT2D eigenvalue weighted by atomic mass is 10.1. The molecule has 57 heavy (non-hydrogen) atoms. The molecule has 2 atom stereocenters. The lowest BCUT2D eigenvalue weighted by Crippen LogP contribution is -2.37. The summed E-state index contributed by atoms with van der Waals surface area (Å²) in [5.41, 5.74) is 0. The van der Waals surface area contributed by atoms with Crippen molar-refractivity contribution in [3.05, 3.63) is 85.1 Å². The number of quaternary nitrogens is 1. The van der Waals surface area contributed by atoms with E-state index in [0.29, 0.717) is 24.1 Å². The van der Waals surface area contributed by atoms with Crippen LogP contribution >= 0.6 is 7.82 Å². The van der Waals surface area contributed by atoms with E-state index in [1.807, 2.05) is 21.1 Å². The van der Waals surface area contributed by atoms with E-state index in [0.717, 1.165) is 109 Å². The van der Waals surface area contributed by atoms with Crippen molar-refractivity contribution in [3.8, 4) is 0 Å². The van der Waals surface area contributed by atoms with Crippen LogP contribution in [-0.2, 0) is 27.9 Å². The summed E-state index contributed by atoms with van der Waals surface area (Å²) < 4.78 is 35.0. The normalized spacial score (nSPS) is 14.6. The maximum atomic E-state index is 12.7. The Morgan fingerprint density at radius 1 is 0.561 bits per heavy atom. The Hall–Kier alpha value is -2.32. The van der Waals surface area contributed by atoms with Crippen molar-refractivity contribution in [1.29, 1.82) is 0 Å². The number of ether oxygens (including phenoxy) is 2. The molecule has 0 aromatic heterocycles. The molecule has 8 nitrogen and oxygen atoms in total. The number of carbonyl (C=O) groups excluding carboxylic acids is 1. The van der Waals surface area contributed by atoms with Gasteiger partial charge in [-0.05, 0) is 89.9 Å². The van der Waals surface area contributed by atoms with E-state index in [4.69, 9.17) is 18.5 Å². The van der Waals surface area contributed by atoms with Crippen molar-refractivity contribution >= 4 is 13.8 Å². The van der Waals surface area contributed by atoms with Gasteiger partial charge in [0.15, 0.2) is 0 Å². The van der Waals surface area contributed by atoms with Gasteiger partial charge in [-0.3, -0.25) is 13.8 Å². The molecule has 0 aliphatic rings. The second-order valence-electron chi connectivity index (χ2n) is 15.7. The second-order valence-corrected chi connectivity index (χ2v) is 17.1. The average Bonchev–Trinajstić information content (AvgIpc) is 3.16. The first kappa shape index (κ1) is 54.7. The van der Waals surface area contributed by atoms with Gasteiger partial charge in [-0.2, -0.15) is 0 Å². The number of rotatable bonds is 40. The summed E-state index contributed by atoms with van der Waals surface area (Å²) in [6.45, 7) is 5.37. The van der Waals surface area contributed by atoms with E-state index >= 15 is 0 Å².